The predicted molar refractivity (Wildman–Crippen MR) is 122 cm³/mol. The molecule has 3 rings (SSSR count). The molecule has 0 radical (unpaired) electrons. The zero-order chi connectivity index (χ0) is 22.3. The van der Waals surface area contributed by atoms with Gasteiger partial charge >= 0.3 is 5.97 Å². The lowest BCUT2D eigenvalue weighted by Gasteiger charge is -2.25. The number of rotatable bonds is 8. The van der Waals surface area contributed by atoms with E-state index in [0.29, 0.717) is 30.3 Å². The van der Waals surface area contributed by atoms with Gasteiger partial charge in [0.15, 0.2) is 6.61 Å². The number of thiophene rings is 1. The van der Waals surface area contributed by atoms with Gasteiger partial charge in [0.25, 0.3) is 5.91 Å². The third-order valence-electron chi connectivity index (χ3n) is 4.19. The van der Waals surface area contributed by atoms with Crippen LogP contribution >= 0.6 is 34.9 Å². The second-order valence-electron chi connectivity index (χ2n) is 6.20. The highest BCUT2D eigenvalue weighted by atomic mass is 32.2. The Morgan fingerprint density at radius 3 is 2.71 bits per heavy atom. The van der Waals surface area contributed by atoms with Gasteiger partial charge in [-0.05, 0) is 23.6 Å². The molecule has 1 aliphatic rings. The number of hydrogen-bond acceptors (Lipinski definition) is 9. The van der Waals surface area contributed by atoms with Gasteiger partial charge in [-0.15, -0.1) is 23.1 Å². The number of ether oxygens (including phenoxy) is 1. The summed E-state index contributed by atoms with van der Waals surface area (Å²) < 4.78 is 32.2. The molecule has 8 nitrogen and oxygen atoms in total. The molecule has 1 aromatic carbocycles. The quantitative estimate of drug-likeness (QED) is 0.437. The van der Waals surface area contributed by atoms with E-state index in [1.165, 1.54) is 27.5 Å². The van der Waals surface area contributed by atoms with Gasteiger partial charge in [-0.1, -0.05) is 12.1 Å². The normalized spacial score (nSPS) is 14.5. The summed E-state index contributed by atoms with van der Waals surface area (Å²) in [4.78, 5) is 25.3. The Labute approximate surface area is 193 Å². The van der Waals surface area contributed by atoms with Gasteiger partial charge in [-0.2, -0.15) is 21.3 Å². The van der Waals surface area contributed by atoms with Gasteiger partial charge < -0.3 is 10.1 Å². The number of nitrogens with zero attached hydrogens (tertiary/aromatic N) is 2. The lowest BCUT2D eigenvalue weighted by molar-refractivity contribution is -0.119. The average Bonchev–Trinajstić information content (AvgIpc) is 3.28. The van der Waals surface area contributed by atoms with Crippen molar-refractivity contribution in [3.8, 4) is 6.07 Å². The number of benzene rings is 1. The third kappa shape index (κ3) is 6.02. The van der Waals surface area contributed by atoms with E-state index in [9.17, 15) is 18.0 Å². The van der Waals surface area contributed by atoms with E-state index in [0.717, 1.165) is 16.2 Å². The van der Waals surface area contributed by atoms with Crippen molar-refractivity contribution < 1.29 is 22.7 Å². The first-order valence-corrected chi connectivity index (χ1v) is 13.6. The predicted octanol–water partition coefficient (Wildman–Crippen LogP) is 2.90. The molecule has 12 heteroatoms. The molecule has 1 fully saturated rings. The van der Waals surface area contributed by atoms with Crippen LogP contribution in [0.1, 0.15) is 9.67 Å². The number of amides is 1. The number of esters is 1. The molecule has 1 saturated heterocycles. The minimum Gasteiger partial charge on any atom is -0.451 e. The van der Waals surface area contributed by atoms with Crippen molar-refractivity contribution in [2.75, 3.05) is 42.3 Å². The summed E-state index contributed by atoms with van der Waals surface area (Å²) in [6.07, 6.45) is 0. The Balaban J connectivity index is 1.63. The Kier molecular flexibility index (Phi) is 8.39. The Morgan fingerprint density at radius 2 is 1.97 bits per heavy atom. The summed E-state index contributed by atoms with van der Waals surface area (Å²) in [5.41, 5.74) is 0.506. The number of thioether (sulfide) groups is 2. The van der Waals surface area contributed by atoms with Gasteiger partial charge in [-0.3, -0.25) is 4.79 Å². The lowest BCUT2D eigenvalue weighted by Crippen LogP contribution is -2.38. The Morgan fingerprint density at radius 1 is 1.23 bits per heavy atom. The SMILES string of the molecule is N#CCSc1ccccc1NC(=O)COC(=O)c1sccc1S(=O)(=O)N1CCSCC1. The van der Waals surface area contributed by atoms with Crippen LogP contribution < -0.4 is 5.32 Å². The molecule has 31 heavy (non-hydrogen) atoms. The van der Waals surface area contributed by atoms with Crippen molar-refractivity contribution in [2.24, 2.45) is 0 Å². The maximum Gasteiger partial charge on any atom is 0.350 e. The molecule has 0 unspecified atom stereocenters. The van der Waals surface area contributed by atoms with E-state index in [2.05, 4.69) is 5.32 Å². The van der Waals surface area contributed by atoms with Crippen molar-refractivity contribution >= 4 is 62.4 Å². The number of hydrogen-bond donors (Lipinski definition) is 1. The molecule has 2 aromatic rings. The van der Waals surface area contributed by atoms with E-state index < -0.39 is 28.5 Å². The average molecular weight is 498 g/mol. The summed E-state index contributed by atoms with van der Waals surface area (Å²) in [5, 5.41) is 12.9. The number of sulfonamides is 1. The molecule has 0 atom stereocenters. The largest absolute Gasteiger partial charge is 0.451 e. The van der Waals surface area contributed by atoms with E-state index >= 15 is 0 Å². The zero-order valence-electron chi connectivity index (χ0n) is 16.3. The van der Waals surface area contributed by atoms with Crippen LogP contribution in [-0.2, 0) is 19.6 Å². The lowest BCUT2D eigenvalue weighted by atomic mass is 10.3. The van der Waals surface area contributed by atoms with Crippen molar-refractivity contribution in [2.45, 2.75) is 9.79 Å². The zero-order valence-corrected chi connectivity index (χ0v) is 19.5. The van der Waals surface area contributed by atoms with Crippen molar-refractivity contribution in [1.82, 2.24) is 4.31 Å². The summed E-state index contributed by atoms with van der Waals surface area (Å²) in [6, 6.07) is 10.4. The van der Waals surface area contributed by atoms with E-state index in [1.54, 1.807) is 36.0 Å². The molecule has 0 aliphatic carbocycles. The second kappa shape index (κ2) is 11.0. The van der Waals surface area contributed by atoms with Crippen LogP contribution in [0.4, 0.5) is 5.69 Å². The monoisotopic (exact) mass is 497 g/mol. The van der Waals surface area contributed by atoms with Gasteiger partial charge in [0.1, 0.15) is 9.77 Å². The smallest absolute Gasteiger partial charge is 0.350 e. The molecule has 0 saturated carbocycles. The maximum atomic E-state index is 12.9. The number of carbonyl (C=O) groups excluding carboxylic acids is 2. The van der Waals surface area contributed by atoms with Crippen LogP contribution in [0.15, 0.2) is 45.5 Å². The number of nitriles is 1. The summed E-state index contributed by atoms with van der Waals surface area (Å²) >= 11 is 3.92. The minimum atomic E-state index is -3.80. The van der Waals surface area contributed by atoms with Crippen LogP contribution in [0, 0.1) is 11.3 Å². The maximum absolute atomic E-state index is 12.9. The summed E-state index contributed by atoms with van der Waals surface area (Å²) in [5.74, 6) is 0.219. The molecule has 164 valence electrons. The fourth-order valence-electron chi connectivity index (χ4n) is 2.76. The molecule has 0 bridgehead atoms. The second-order valence-corrected chi connectivity index (χ2v) is 11.3. The minimum absolute atomic E-state index is 0.0454. The van der Waals surface area contributed by atoms with Crippen LogP contribution in [0.3, 0.4) is 0 Å². The molecular formula is C19H19N3O5S4. The van der Waals surface area contributed by atoms with E-state index in [1.807, 2.05) is 6.07 Å². The topological polar surface area (TPSA) is 117 Å². The van der Waals surface area contributed by atoms with Crippen LogP contribution in [0.25, 0.3) is 0 Å². The molecular weight excluding hydrogens is 478 g/mol. The third-order valence-corrected chi connectivity index (χ3v) is 9.04. The van der Waals surface area contributed by atoms with E-state index in [-0.39, 0.29) is 15.5 Å². The molecule has 1 aliphatic heterocycles. The van der Waals surface area contributed by atoms with Gasteiger partial charge in [0.2, 0.25) is 10.0 Å². The van der Waals surface area contributed by atoms with Crippen molar-refractivity contribution in [3.63, 3.8) is 0 Å². The Bertz CT molecular complexity index is 1090. The highest BCUT2D eigenvalue weighted by Crippen LogP contribution is 2.28. The number of nitrogens with one attached hydrogen (secondary N) is 1. The first-order valence-electron chi connectivity index (χ1n) is 9.14. The van der Waals surface area contributed by atoms with E-state index in [4.69, 9.17) is 10.00 Å². The number of carbonyl (C=O) groups is 2. The van der Waals surface area contributed by atoms with Gasteiger partial charge in [-0.25, -0.2) is 13.2 Å². The summed E-state index contributed by atoms with van der Waals surface area (Å²) in [7, 11) is -3.80. The van der Waals surface area contributed by atoms with Crippen LogP contribution in [-0.4, -0.2) is 61.6 Å². The standard InChI is InChI=1S/C19H19N3O5S4/c20-6-10-29-15-4-2-1-3-14(15)21-17(23)13-27-19(24)18-16(5-9-30-18)31(25,26)22-7-11-28-12-8-22/h1-5,9H,7-8,10-13H2,(H,21,23). The highest BCUT2D eigenvalue weighted by Gasteiger charge is 2.31. The van der Waals surface area contributed by atoms with Crippen molar-refractivity contribution in [3.05, 3.63) is 40.6 Å². The number of para-hydroxylation sites is 1. The fraction of sp³-hybridized carbons (Fsp3) is 0.316. The molecule has 2 heterocycles. The molecule has 1 amide bonds. The van der Waals surface area contributed by atoms with Crippen LogP contribution in [0.2, 0.25) is 0 Å². The van der Waals surface area contributed by atoms with Crippen LogP contribution in [0.5, 0.6) is 0 Å². The molecule has 1 N–H and O–H groups in total. The molecule has 1 aromatic heterocycles. The first kappa shape index (κ1) is 23.6. The summed E-state index contributed by atoms with van der Waals surface area (Å²) in [6.45, 7) is 0.222. The van der Waals surface area contributed by atoms with Crippen molar-refractivity contribution in [1.29, 1.82) is 5.26 Å². The highest BCUT2D eigenvalue weighted by molar-refractivity contribution is 7.99. The van der Waals surface area contributed by atoms with Gasteiger partial charge in [0, 0.05) is 29.5 Å². The molecule has 0 spiro atoms. The fourth-order valence-corrected chi connectivity index (χ4v) is 7.29. The number of anilines is 1. The first-order chi connectivity index (χ1) is 14.9. The Hall–Kier alpha value is -2.04. The van der Waals surface area contributed by atoms with Gasteiger partial charge in [0.05, 0.1) is 17.5 Å².